The molecule has 0 saturated carbocycles. The molecule has 0 aliphatic heterocycles. The van der Waals surface area contributed by atoms with Gasteiger partial charge < -0.3 is 5.73 Å². The molecule has 2 nitrogen and oxygen atoms in total. The number of pyridine rings is 1. The van der Waals surface area contributed by atoms with Gasteiger partial charge in [0.15, 0.2) is 0 Å². The highest BCUT2D eigenvalue weighted by atomic mass is 14.7. The molecule has 0 amide bonds. The number of aromatic nitrogens is 1. The van der Waals surface area contributed by atoms with Crippen molar-refractivity contribution in [2.75, 3.05) is 0 Å². The Morgan fingerprint density at radius 3 is 2.23 bits per heavy atom. The fourth-order valence-corrected chi connectivity index (χ4v) is 6.53. The van der Waals surface area contributed by atoms with Crippen molar-refractivity contribution in [2.24, 2.45) is 11.7 Å². The molecule has 5 rings (SSSR count). The van der Waals surface area contributed by atoms with E-state index in [0.29, 0.717) is 0 Å². The van der Waals surface area contributed by atoms with Gasteiger partial charge in [-0.2, -0.15) is 0 Å². The quantitative estimate of drug-likeness (QED) is 0.192. The average molecular weight is 573 g/mol. The number of rotatable bonds is 10. The van der Waals surface area contributed by atoms with E-state index in [1.165, 1.54) is 22.3 Å². The summed E-state index contributed by atoms with van der Waals surface area (Å²) in [5.41, 5.74) is 17.6. The maximum atomic E-state index is 5.69. The third-order valence-corrected chi connectivity index (χ3v) is 8.59. The van der Waals surface area contributed by atoms with Crippen LogP contribution in [0.4, 0.5) is 0 Å². The van der Waals surface area contributed by atoms with Crippen LogP contribution in [0.25, 0.3) is 39.1 Å². The number of nitrogens with zero attached hydrogens (tertiary/aromatic N) is 1. The van der Waals surface area contributed by atoms with E-state index in [1.807, 2.05) is 44.2 Å². The summed E-state index contributed by atoms with van der Waals surface area (Å²) in [6.07, 6.45) is 20.0. The van der Waals surface area contributed by atoms with Crippen LogP contribution in [-0.4, -0.2) is 4.98 Å². The summed E-state index contributed by atoms with van der Waals surface area (Å²) in [5.74, 6) is 0.114. The van der Waals surface area contributed by atoms with E-state index in [-0.39, 0.29) is 5.92 Å². The Bertz CT molecular complexity index is 1830. The Morgan fingerprint density at radius 2 is 1.52 bits per heavy atom. The fourth-order valence-electron chi connectivity index (χ4n) is 6.53. The first-order valence-corrected chi connectivity index (χ1v) is 15.2. The van der Waals surface area contributed by atoms with E-state index in [4.69, 9.17) is 10.7 Å². The maximum absolute atomic E-state index is 5.69. The first kappa shape index (κ1) is 30.3. The van der Waals surface area contributed by atoms with E-state index in [2.05, 4.69) is 129 Å². The summed E-state index contributed by atoms with van der Waals surface area (Å²) >= 11 is 0. The Kier molecular flexibility index (Phi) is 9.21. The highest BCUT2D eigenvalue weighted by molar-refractivity contribution is 5.88. The SMILES string of the molecule is C=C/C(=C\C)c1cc(-c2ccc3c(c2)-c2ccccc2C3(/C(C=C)=C/C=C\C)C(C)/C=C\C=C/N)cc(-c2ccccc2)n1. The standard InChI is InChI=1S/C42H40N2/c1-6-10-21-35(9-4)42(30(5)18-16-17-26-43)38-23-15-14-22-36(38)37-27-33(24-25-39(37)42)34-28-40(31(7-2)8-3)44-41(29-34)32-19-12-11-13-20-32/h6-30H,2,4,43H2,1,3,5H3/b10-6-,18-16-,26-17-,31-8+,35-21+. The molecular weight excluding hydrogens is 532 g/mol. The zero-order chi connectivity index (χ0) is 31.1. The second-order valence-electron chi connectivity index (χ2n) is 11.0. The molecule has 0 radical (unpaired) electrons. The molecular formula is C42H40N2. The van der Waals surface area contributed by atoms with E-state index >= 15 is 0 Å². The zero-order valence-electron chi connectivity index (χ0n) is 25.9. The second kappa shape index (κ2) is 13.4. The summed E-state index contributed by atoms with van der Waals surface area (Å²) in [6.45, 7) is 14.7. The highest BCUT2D eigenvalue weighted by Crippen LogP contribution is 2.57. The molecule has 2 N–H and O–H groups in total. The average Bonchev–Trinajstić information content (AvgIpc) is 3.36. The summed E-state index contributed by atoms with van der Waals surface area (Å²) in [7, 11) is 0. The van der Waals surface area contributed by atoms with Gasteiger partial charge in [-0.25, -0.2) is 4.98 Å². The predicted octanol–water partition coefficient (Wildman–Crippen LogP) is 10.6. The molecule has 0 spiro atoms. The van der Waals surface area contributed by atoms with Crippen molar-refractivity contribution in [3.63, 3.8) is 0 Å². The van der Waals surface area contributed by atoms with Crippen LogP contribution < -0.4 is 5.73 Å². The van der Waals surface area contributed by atoms with Crippen LogP contribution in [0.15, 0.2) is 165 Å². The number of hydrogen-bond donors (Lipinski definition) is 1. The Labute approximate surface area is 262 Å². The minimum atomic E-state index is -0.426. The molecule has 1 aliphatic rings. The van der Waals surface area contributed by atoms with Crippen LogP contribution in [-0.2, 0) is 5.41 Å². The van der Waals surface area contributed by atoms with Gasteiger partial charge in [0.25, 0.3) is 0 Å². The van der Waals surface area contributed by atoms with Crippen molar-refractivity contribution < 1.29 is 0 Å². The van der Waals surface area contributed by atoms with Gasteiger partial charge in [0.2, 0.25) is 0 Å². The van der Waals surface area contributed by atoms with Crippen LogP contribution >= 0.6 is 0 Å². The molecule has 1 heterocycles. The van der Waals surface area contributed by atoms with Gasteiger partial charge in [-0.15, -0.1) is 0 Å². The molecule has 0 bridgehead atoms. The van der Waals surface area contributed by atoms with E-state index in [1.54, 1.807) is 6.20 Å². The summed E-state index contributed by atoms with van der Waals surface area (Å²) in [5, 5.41) is 0. The lowest BCUT2D eigenvalue weighted by atomic mass is 9.64. The maximum Gasteiger partial charge on any atom is 0.0715 e. The number of nitrogens with two attached hydrogens (primary N) is 1. The summed E-state index contributed by atoms with van der Waals surface area (Å²) in [4.78, 5) is 5.04. The minimum absolute atomic E-state index is 0.114. The van der Waals surface area contributed by atoms with Gasteiger partial charge in [0, 0.05) is 5.56 Å². The second-order valence-corrected chi connectivity index (χ2v) is 11.0. The lowest BCUT2D eigenvalue weighted by molar-refractivity contribution is 0.491. The third kappa shape index (κ3) is 5.36. The van der Waals surface area contributed by atoms with E-state index < -0.39 is 5.41 Å². The van der Waals surface area contributed by atoms with Crippen LogP contribution in [0.5, 0.6) is 0 Å². The topological polar surface area (TPSA) is 38.9 Å². The largest absolute Gasteiger partial charge is 0.405 e. The number of benzene rings is 3. The lowest BCUT2D eigenvalue weighted by Gasteiger charge is -2.38. The van der Waals surface area contributed by atoms with Gasteiger partial charge in [0.1, 0.15) is 0 Å². The third-order valence-electron chi connectivity index (χ3n) is 8.59. The normalized spacial score (nSPS) is 17.2. The molecule has 2 atom stereocenters. The van der Waals surface area contributed by atoms with Crippen molar-refractivity contribution in [3.05, 3.63) is 181 Å². The zero-order valence-corrected chi connectivity index (χ0v) is 25.9. The van der Waals surface area contributed by atoms with Crippen molar-refractivity contribution >= 4 is 5.57 Å². The molecule has 2 heteroatoms. The molecule has 3 aromatic carbocycles. The first-order valence-electron chi connectivity index (χ1n) is 15.2. The summed E-state index contributed by atoms with van der Waals surface area (Å²) < 4.78 is 0. The highest BCUT2D eigenvalue weighted by Gasteiger charge is 2.48. The molecule has 0 fully saturated rings. The van der Waals surface area contributed by atoms with E-state index in [0.717, 1.165) is 39.2 Å². The van der Waals surface area contributed by atoms with Crippen LogP contribution in [0.2, 0.25) is 0 Å². The lowest BCUT2D eigenvalue weighted by Crippen LogP contribution is -2.34. The molecule has 1 aromatic heterocycles. The van der Waals surface area contributed by atoms with Crippen molar-refractivity contribution in [1.29, 1.82) is 0 Å². The van der Waals surface area contributed by atoms with Crippen molar-refractivity contribution in [1.82, 2.24) is 4.98 Å². The Balaban J connectivity index is 1.79. The van der Waals surface area contributed by atoms with Gasteiger partial charge in [-0.1, -0.05) is 135 Å². The molecule has 4 aromatic rings. The number of hydrogen-bond acceptors (Lipinski definition) is 2. The van der Waals surface area contributed by atoms with Crippen LogP contribution in [0, 0.1) is 5.92 Å². The Morgan fingerprint density at radius 1 is 0.773 bits per heavy atom. The molecule has 2 unspecified atom stereocenters. The number of allylic oxidation sites excluding steroid dienone is 11. The Hall–Kier alpha value is -5.21. The van der Waals surface area contributed by atoms with Gasteiger partial charge in [-0.05, 0) is 94.8 Å². The molecule has 1 aliphatic carbocycles. The summed E-state index contributed by atoms with van der Waals surface area (Å²) in [6, 6.07) is 30.4. The molecule has 0 saturated heterocycles. The number of fused-ring (bicyclic) bond motifs is 3. The smallest absolute Gasteiger partial charge is 0.0715 e. The van der Waals surface area contributed by atoms with E-state index in [9.17, 15) is 0 Å². The van der Waals surface area contributed by atoms with Crippen molar-refractivity contribution in [2.45, 2.75) is 26.2 Å². The van der Waals surface area contributed by atoms with Crippen molar-refractivity contribution in [3.8, 4) is 33.5 Å². The first-order chi connectivity index (χ1) is 21.5. The van der Waals surface area contributed by atoms with Gasteiger partial charge in [-0.3, -0.25) is 0 Å². The van der Waals surface area contributed by atoms with Crippen LogP contribution in [0.3, 0.4) is 0 Å². The molecule has 218 valence electrons. The fraction of sp³-hybridized carbons (Fsp3) is 0.119. The van der Waals surface area contributed by atoms with Gasteiger partial charge in [0.05, 0.1) is 16.8 Å². The predicted molar refractivity (Wildman–Crippen MR) is 190 cm³/mol. The monoisotopic (exact) mass is 572 g/mol. The van der Waals surface area contributed by atoms with Crippen LogP contribution in [0.1, 0.15) is 37.6 Å². The molecule has 44 heavy (non-hydrogen) atoms. The van der Waals surface area contributed by atoms with Gasteiger partial charge >= 0.3 is 0 Å². The minimum Gasteiger partial charge on any atom is -0.405 e.